The number of hydrogen-bond donors (Lipinski definition) is 0. The highest BCUT2D eigenvalue weighted by molar-refractivity contribution is 6.03. The van der Waals surface area contributed by atoms with Gasteiger partial charge in [0.05, 0.1) is 6.42 Å². The third-order valence-corrected chi connectivity index (χ3v) is 5.00. The van der Waals surface area contributed by atoms with Crippen molar-refractivity contribution >= 4 is 23.4 Å². The molecule has 0 radical (unpaired) electrons. The van der Waals surface area contributed by atoms with Crippen molar-refractivity contribution in [2.24, 2.45) is 0 Å². The van der Waals surface area contributed by atoms with Gasteiger partial charge in [0.25, 0.3) is 5.91 Å². The van der Waals surface area contributed by atoms with E-state index >= 15 is 0 Å². The van der Waals surface area contributed by atoms with Crippen LogP contribution >= 0.6 is 0 Å². The molecule has 0 saturated carbocycles. The Hall–Kier alpha value is -2.37. The quantitative estimate of drug-likeness (QED) is 0.839. The van der Waals surface area contributed by atoms with Crippen LogP contribution in [0.3, 0.4) is 0 Å². The summed E-state index contributed by atoms with van der Waals surface area (Å²) in [5.41, 5.74) is 2.41. The molecule has 2 aliphatic rings. The highest BCUT2D eigenvalue weighted by Crippen LogP contribution is 2.28. The molecule has 1 saturated heterocycles. The molecule has 3 amide bonds. The molecule has 0 spiro atoms. The number of carbonyl (C=O) groups excluding carboxylic acids is 3. The predicted octanol–water partition coefficient (Wildman–Crippen LogP) is 1.68. The molecule has 2 aliphatic heterocycles. The van der Waals surface area contributed by atoms with E-state index in [4.69, 9.17) is 0 Å². The fourth-order valence-electron chi connectivity index (χ4n) is 3.53. The smallest absolute Gasteiger partial charge is 0.253 e. The van der Waals surface area contributed by atoms with Gasteiger partial charge >= 0.3 is 0 Å². The fourth-order valence-corrected chi connectivity index (χ4v) is 3.53. The molecule has 6 nitrogen and oxygen atoms in total. The minimum absolute atomic E-state index is 0.0189. The molecule has 6 heteroatoms. The zero-order valence-electron chi connectivity index (χ0n) is 15.0. The van der Waals surface area contributed by atoms with E-state index in [0.717, 1.165) is 24.1 Å². The van der Waals surface area contributed by atoms with Gasteiger partial charge in [0.15, 0.2) is 0 Å². The summed E-state index contributed by atoms with van der Waals surface area (Å²) in [5.74, 6) is 0.213. The van der Waals surface area contributed by atoms with E-state index in [1.54, 1.807) is 18.0 Å². The zero-order valence-corrected chi connectivity index (χ0v) is 15.0. The number of benzene rings is 1. The Morgan fingerprint density at radius 2 is 1.80 bits per heavy atom. The lowest BCUT2D eigenvalue weighted by Crippen LogP contribution is -2.37. The molecule has 25 heavy (non-hydrogen) atoms. The lowest BCUT2D eigenvalue weighted by atomic mass is 10.1. The van der Waals surface area contributed by atoms with Gasteiger partial charge in [-0.05, 0) is 36.6 Å². The van der Waals surface area contributed by atoms with Gasteiger partial charge in [0.2, 0.25) is 11.8 Å². The number of hydrogen-bond acceptors (Lipinski definition) is 3. The fraction of sp³-hybridized carbons (Fsp3) is 0.526. The third kappa shape index (κ3) is 3.52. The Morgan fingerprint density at radius 3 is 2.56 bits per heavy atom. The monoisotopic (exact) mass is 343 g/mol. The van der Waals surface area contributed by atoms with Crippen molar-refractivity contribution in [3.8, 4) is 0 Å². The molecule has 1 aromatic rings. The molecule has 0 aromatic heterocycles. The number of anilines is 1. The van der Waals surface area contributed by atoms with Crippen molar-refractivity contribution < 1.29 is 14.4 Å². The highest BCUT2D eigenvalue weighted by Gasteiger charge is 2.27. The summed E-state index contributed by atoms with van der Waals surface area (Å²) in [6, 6.07) is 5.48. The van der Waals surface area contributed by atoms with Gasteiger partial charge in [-0.1, -0.05) is 6.92 Å². The average molecular weight is 343 g/mol. The number of fused-ring (bicyclic) bond motifs is 1. The second-order valence-corrected chi connectivity index (χ2v) is 6.75. The number of nitrogens with zero attached hydrogens (tertiary/aromatic N) is 3. The third-order valence-electron chi connectivity index (χ3n) is 5.00. The first-order valence-corrected chi connectivity index (χ1v) is 8.97. The van der Waals surface area contributed by atoms with Gasteiger partial charge in [-0.3, -0.25) is 14.4 Å². The predicted molar refractivity (Wildman–Crippen MR) is 95.6 cm³/mol. The Bertz CT molecular complexity index is 701. The van der Waals surface area contributed by atoms with E-state index in [2.05, 4.69) is 0 Å². The van der Waals surface area contributed by atoms with Gasteiger partial charge in [0.1, 0.15) is 0 Å². The van der Waals surface area contributed by atoms with Crippen molar-refractivity contribution in [3.63, 3.8) is 0 Å². The van der Waals surface area contributed by atoms with Crippen molar-refractivity contribution in [1.29, 1.82) is 0 Å². The summed E-state index contributed by atoms with van der Waals surface area (Å²) in [7, 11) is 1.76. The van der Waals surface area contributed by atoms with Gasteiger partial charge < -0.3 is 14.7 Å². The number of rotatable bonds is 3. The van der Waals surface area contributed by atoms with Crippen LogP contribution in [0.2, 0.25) is 0 Å². The van der Waals surface area contributed by atoms with Crippen molar-refractivity contribution in [2.45, 2.75) is 32.6 Å². The van der Waals surface area contributed by atoms with E-state index in [1.807, 2.05) is 28.9 Å². The summed E-state index contributed by atoms with van der Waals surface area (Å²) in [6.45, 7) is 4.53. The summed E-state index contributed by atoms with van der Waals surface area (Å²) in [6.07, 6.45) is 2.57. The minimum atomic E-state index is -0.0189. The number of likely N-dealkylation sites (N-methyl/N-ethyl adjacent to an activating group) is 1. The maximum Gasteiger partial charge on any atom is 0.253 e. The van der Waals surface area contributed by atoms with Gasteiger partial charge in [0, 0.05) is 50.9 Å². The first-order chi connectivity index (χ1) is 12.0. The Labute approximate surface area is 148 Å². The normalized spacial score (nSPS) is 17.5. The molecule has 0 N–H and O–H groups in total. The standard InChI is InChI=1S/C19H25N3O3/c1-3-5-17(23)21-8-4-9-22(11-10-21)19(25)14-6-7-16-15(12-14)13-18(24)20(16)2/h6-7,12H,3-5,8-11,13H2,1-2H3. The van der Waals surface area contributed by atoms with E-state index in [-0.39, 0.29) is 17.7 Å². The van der Waals surface area contributed by atoms with E-state index in [0.29, 0.717) is 44.6 Å². The Balaban J connectivity index is 1.69. The molecular weight excluding hydrogens is 318 g/mol. The van der Waals surface area contributed by atoms with Crippen LogP contribution < -0.4 is 4.90 Å². The highest BCUT2D eigenvalue weighted by atomic mass is 16.2. The maximum absolute atomic E-state index is 12.8. The minimum Gasteiger partial charge on any atom is -0.341 e. The van der Waals surface area contributed by atoms with Gasteiger partial charge in [-0.15, -0.1) is 0 Å². The Morgan fingerprint density at radius 1 is 1.08 bits per heavy atom. The molecule has 134 valence electrons. The van der Waals surface area contributed by atoms with E-state index in [9.17, 15) is 14.4 Å². The second-order valence-electron chi connectivity index (χ2n) is 6.75. The number of amides is 3. The van der Waals surface area contributed by atoms with E-state index in [1.165, 1.54) is 0 Å². The van der Waals surface area contributed by atoms with Gasteiger partial charge in [-0.2, -0.15) is 0 Å². The lowest BCUT2D eigenvalue weighted by Gasteiger charge is -2.22. The molecule has 1 aromatic carbocycles. The zero-order chi connectivity index (χ0) is 18.0. The molecule has 0 unspecified atom stereocenters. The second kappa shape index (κ2) is 7.25. The molecule has 3 rings (SSSR count). The van der Waals surface area contributed by atoms with Crippen LogP contribution in [0.25, 0.3) is 0 Å². The molecule has 0 atom stereocenters. The molecule has 2 heterocycles. The topological polar surface area (TPSA) is 60.9 Å². The van der Waals surface area contributed by atoms with Crippen LogP contribution in [0.15, 0.2) is 18.2 Å². The van der Waals surface area contributed by atoms with E-state index < -0.39 is 0 Å². The summed E-state index contributed by atoms with van der Waals surface area (Å²) in [4.78, 5) is 42.0. The SMILES string of the molecule is CCCC(=O)N1CCCN(C(=O)c2ccc3c(c2)CC(=O)N3C)CC1. The average Bonchev–Trinajstić information content (AvgIpc) is 2.79. The first kappa shape index (κ1) is 17.5. The molecular formula is C19H25N3O3. The summed E-state index contributed by atoms with van der Waals surface area (Å²) in [5, 5.41) is 0. The molecule has 1 fully saturated rings. The summed E-state index contributed by atoms with van der Waals surface area (Å²) >= 11 is 0. The largest absolute Gasteiger partial charge is 0.341 e. The van der Waals surface area contributed by atoms with Crippen LogP contribution in [-0.2, 0) is 16.0 Å². The Kier molecular flexibility index (Phi) is 5.06. The van der Waals surface area contributed by atoms with Crippen LogP contribution in [0.1, 0.15) is 42.1 Å². The molecule has 0 aliphatic carbocycles. The maximum atomic E-state index is 12.8. The van der Waals surface area contributed by atoms with Crippen molar-refractivity contribution in [3.05, 3.63) is 29.3 Å². The molecule has 0 bridgehead atoms. The first-order valence-electron chi connectivity index (χ1n) is 8.97. The lowest BCUT2D eigenvalue weighted by molar-refractivity contribution is -0.131. The van der Waals surface area contributed by atoms with Crippen LogP contribution in [0, 0.1) is 0 Å². The van der Waals surface area contributed by atoms with Gasteiger partial charge in [-0.25, -0.2) is 0 Å². The van der Waals surface area contributed by atoms with Crippen LogP contribution in [0.5, 0.6) is 0 Å². The van der Waals surface area contributed by atoms with Crippen LogP contribution in [-0.4, -0.2) is 60.7 Å². The van der Waals surface area contributed by atoms with Crippen molar-refractivity contribution in [2.75, 3.05) is 38.1 Å². The number of carbonyl (C=O) groups is 3. The van der Waals surface area contributed by atoms with Crippen molar-refractivity contribution in [1.82, 2.24) is 9.80 Å². The van der Waals surface area contributed by atoms with Crippen LogP contribution in [0.4, 0.5) is 5.69 Å². The summed E-state index contributed by atoms with van der Waals surface area (Å²) < 4.78 is 0.